The van der Waals surface area contributed by atoms with E-state index >= 15 is 0 Å². The molecular weight excluding hydrogens is 310 g/mol. The average molecular weight is 331 g/mol. The molecule has 1 unspecified atom stereocenters. The lowest BCUT2D eigenvalue weighted by molar-refractivity contribution is 0.759. The van der Waals surface area contributed by atoms with Gasteiger partial charge in [0.2, 0.25) is 0 Å². The van der Waals surface area contributed by atoms with Crippen molar-refractivity contribution in [3.8, 4) is 11.3 Å². The number of hydrogen-bond donors (Lipinski definition) is 1. The molecule has 0 amide bonds. The Balaban J connectivity index is 1.81. The molecule has 0 aliphatic carbocycles. The van der Waals surface area contributed by atoms with Crippen molar-refractivity contribution in [3.05, 3.63) is 72.1 Å². The number of hydrogen-bond acceptors (Lipinski definition) is 5. The first-order valence-electron chi connectivity index (χ1n) is 8.25. The lowest BCUT2D eigenvalue weighted by atomic mass is 10.1. The molecule has 5 nitrogen and oxygen atoms in total. The fourth-order valence-corrected chi connectivity index (χ4v) is 2.50. The molecule has 126 valence electrons. The van der Waals surface area contributed by atoms with Gasteiger partial charge >= 0.3 is 0 Å². The lowest BCUT2D eigenvalue weighted by Crippen LogP contribution is -1.93. The van der Waals surface area contributed by atoms with Gasteiger partial charge in [0, 0.05) is 24.4 Å². The van der Waals surface area contributed by atoms with Crippen LogP contribution >= 0.6 is 0 Å². The van der Waals surface area contributed by atoms with Gasteiger partial charge in [0.25, 0.3) is 0 Å². The number of anilines is 1. The summed E-state index contributed by atoms with van der Waals surface area (Å²) in [7, 11) is 1.90. The topological polar surface area (TPSA) is 62.5 Å². The SMILES string of the molecule is CNc1ccc(C(C)N=Nc2cc(-c3ccccc3)nc(C)n2)cc1. The molecule has 0 spiro atoms. The maximum absolute atomic E-state index is 4.49. The number of benzene rings is 2. The van der Waals surface area contributed by atoms with Gasteiger partial charge in [-0.1, -0.05) is 42.5 Å². The van der Waals surface area contributed by atoms with Gasteiger partial charge in [-0.25, -0.2) is 9.97 Å². The van der Waals surface area contributed by atoms with Crippen LogP contribution in [-0.2, 0) is 0 Å². The van der Waals surface area contributed by atoms with Crippen LogP contribution in [0.4, 0.5) is 11.5 Å². The highest BCUT2D eigenvalue weighted by molar-refractivity contribution is 5.61. The molecule has 0 radical (unpaired) electrons. The van der Waals surface area contributed by atoms with E-state index in [-0.39, 0.29) is 6.04 Å². The summed E-state index contributed by atoms with van der Waals surface area (Å²) in [6.45, 7) is 3.88. The highest BCUT2D eigenvalue weighted by Gasteiger charge is 2.06. The first-order valence-corrected chi connectivity index (χ1v) is 8.25. The molecule has 2 aromatic carbocycles. The van der Waals surface area contributed by atoms with E-state index in [0.717, 1.165) is 22.5 Å². The molecule has 1 atom stereocenters. The predicted octanol–water partition coefficient (Wildman–Crippen LogP) is 5.34. The van der Waals surface area contributed by atoms with Crippen LogP contribution in [0.2, 0.25) is 0 Å². The largest absolute Gasteiger partial charge is 0.388 e. The normalized spacial score (nSPS) is 12.3. The maximum atomic E-state index is 4.49. The second-order valence-electron chi connectivity index (χ2n) is 5.79. The van der Waals surface area contributed by atoms with E-state index in [1.165, 1.54) is 0 Å². The van der Waals surface area contributed by atoms with Crippen molar-refractivity contribution < 1.29 is 0 Å². The quantitative estimate of drug-likeness (QED) is 0.642. The number of nitrogens with zero attached hydrogens (tertiary/aromatic N) is 4. The number of azo groups is 1. The molecular formula is C20H21N5. The van der Waals surface area contributed by atoms with E-state index in [9.17, 15) is 0 Å². The molecule has 25 heavy (non-hydrogen) atoms. The average Bonchev–Trinajstić information content (AvgIpc) is 2.66. The van der Waals surface area contributed by atoms with Crippen LogP contribution in [0.15, 0.2) is 70.9 Å². The highest BCUT2D eigenvalue weighted by Crippen LogP contribution is 2.24. The molecule has 1 aromatic heterocycles. The van der Waals surface area contributed by atoms with Crippen molar-refractivity contribution in [2.45, 2.75) is 19.9 Å². The Kier molecular flexibility index (Phi) is 5.14. The van der Waals surface area contributed by atoms with E-state index in [0.29, 0.717) is 11.6 Å². The summed E-state index contributed by atoms with van der Waals surface area (Å²) in [5.41, 5.74) is 4.08. The van der Waals surface area contributed by atoms with E-state index in [4.69, 9.17) is 0 Å². The summed E-state index contributed by atoms with van der Waals surface area (Å²) in [4.78, 5) is 8.86. The van der Waals surface area contributed by atoms with Gasteiger partial charge < -0.3 is 5.32 Å². The van der Waals surface area contributed by atoms with Gasteiger partial charge in [-0.3, -0.25) is 0 Å². The van der Waals surface area contributed by atoms with Gasteiger partial charge in [-0.2, -0.15) is 5.11 Å². The standard InChI is InChI=1S/C20H21N5/c1-14(16-9-11-18(21-3)12-10-16)24-25-20-13-19(22-15(2)23-20)17-7-5-4-6-8-17/h4-14,21H,1-3H3. The second-order valence-corrected chi connectivity index (χ2v) is 5.79. The third-order valence-electron chi connectivity index (χ3n) is 3.91. The van der Waals surface area contributed by atoms with Gasteiger partial charge in [0.15, 0.2) is 5.82 Å². The van der Waals surface area contributed by atoms with Crippen LogP contribution in [0.5, 0.6) is 0 Å². The summed E-state index contributed by atoms with van der Waals surface area (Å²) in [5, 5.41) is 11.8. The number of aromatic nitrogens is 2. The lowest BCUT2D eigenvalue weighted by Gasteiger charge is -2.07. The summed E-state index contributed by atoms with van der Waals surface area (Å²) in [6, 6.07) is 20.0. The summed E-state index contributed by atoms with van der Waals surface area (Å²) in [6.07, 6.45) is 0. The predicted molar refractivity (Wildman–Crippen MR) is 101 cm³/mol. The molecule has 0 bridgehead atoms. The molecule has 0 saturated heterocycles. The Morgan fingerprint density at radius 1 is 0.960 bits per heavy atom. The zero-order valence-corrected chi connectivity index (χ0v) is 14.6. The molecule has 5 heteroatoms. The molecule has 3 aromatic rings. The van der Waals surface area contributed by atoms with Crippen molar-refractivity contribution in [1.29, 1.82) is 0 Å². The Bertz CT molecular complexity index is 857. The smallest absolute Gasteiger partial charge is 0.177 e. The van der Waals surface area contributed by atoms with Crippen LogP contribution in [0.3, 0.4) is 0 Å². The molecule has 0 aliphatic rings. The minimum absolute atomic E-state index is 0.0404. The van der Waals surface area contributed by atoms with Crippen molar-refractivity contribution >= 4 is 11.5 Å². The first-order chi connectivity index (χ1) is 12.2. The summed E-state index contributed by atoms with van der Waals surface area (Å²) < 4.78 is 0. The monoisotopic (exact) mass is 331 g/mol. The van der Waals surface area contributed by atoms with Gasteiger partial charge in [-0.05, 0) is 31.5 Å². The zero-order chi connectivity index (χ0) is 17.6. The van der Waals surface area contributed by atoms with Crippen LogP contribution in [-0.4, -0.2) is 17.0 Å². The summed E-state index contributed by atoms with van der Waals surface area (Å²) in [5.74, 6) is 1.26. The van der Waals surface area contributed by atoms with E-state index < -0.39 is 0 Å². The fourth-order valence-electron chi connectivity index (χ4n) is 2.50. The zero-order valence-electron chi connectivity index (χ0n) is 14.6. The van der Waals surface area contributed by atoms with Gasteiger partial charge in [0.1, 0.15) is 5.82 Å². The highest BCUT2D eigenvalue weighted by atomic mass is 15.2. The molecule has 0 aliphatic heterocycles. The van der Waals surface area contributed by atoms with Crippen molar-refractivity contribution in [3.63, 3.8) is 0 Å². The van der Waals surface area contributed by atoms with E-state index in [2.05, 4.69) is 37.6 Å². The van der Waals surface area contributed by atoms with E-state index in [1.807, 2.05) is 69.4 Å². The molecule has 3 rings (SSSR count). The maximum Gasteiger partial charge on any atom is 0.177 e. The minimum Gasteiger partial charge on any atom is -0.388 e. The second kappa shape index (κ2) is 7.66. The number of aryl methyl sites for hydroxylation is 1. The molecule has 1 heterocycles. The third-order valence-corrected chi connectivity index (χ3v) is 3.91. The van der Waals surface area contributed by atoms with Crippen molar-refractivity contribution in [1.82, 2.24) is 9.97 Å². The number of rotatable bonds is 5. The van der Waals surface area contributed by atoms with Crippen molar-refractivity contribution in [2.75, 3.05) is 12.4 Å². The third kappa shape index (κ3) is 4.26. The fraction of sp³-hybridized carbons (Fsp3) is 0.200. The minimum atomic E-state index is -0.0404. The van der Waals surface area contributed by atoms with Gasteiger partial charge in [-0.15, -0.1) is 5.11 Å². The Labute approximate surface area is 147 Å². The Morgan fingerprint density at radius 3 is 2.36 bits per heavy atom. The van der Waals surface area contributed by atoms with E-state index in [1.54, 1.807) is 0 Å². The molecule has 1 N–H and O–H groups in total. The first kappa shape index (κ1) is 16.8. The van der Waals surface area contributed by atoms with Crippen LogP contribution in [0, 0.1) is 6.92 Å². The van der Waals surface area contributed by atoms with Crippen molar-refractivity contribution in [2.24, 2.45) is 10.2 Å². The van der Waals surface area contributed by atoms with Crippen LogP contribution in [0.25, 0.3) is 11.3 Å². The Morgan fingerprint density at radius 2 is 1.68 bits per heavy atom. The Hall–Kier alpha value is -3.08. The number of nitrogens with one attached hydrogen (secondary N) is 1. The summed E-state index contributed by atoms with van der Waals surface area (Å²) >= 11 is 0. The van der Waals surface area contributed by atoms with Gasteiger partial charge in [0.05, 0.1) is 11.7 Å². The van der Waals surface area contributed by atoms with Crippen LogP contribution < -0.4 is 5.32 Å². The van der Waals surface area contributed by atoms with Crippen LogP contribution in [0.1, 0.15) is 24.4 Å². The molecule has 0 saturated carbocycles. The molecule has 0 fully saturated rings.